The Bertz CT molecular complexity index is 808. The Morgan fingerprint density at radius 2 is 1.91 bits per heavy atom. The number of hydrogen-bond acceptors (Lipinski definition) is 2. The maximum Gasteiger partial charge on any atom is 0.148 e. The second kappa shape index (κ2) is 6.63. The smallest absolute Gasteiger partial charge is 0.148 e. The quantitative estimate of drug-likeness (QED) is 0.614. The number of aromatic nitrogens is 2. The summed E-state index contributed by atoms with van der Waals surface area (Å²) >= 11 is 6.16. The highest BCUT2D eigenvalue weighted by Crippen LogP contribution is 2.26. The van der Waals surface area contributed by atoms with Crippen LogP contribution in [-0.2, 0) is 6.61 Å². The molecule has 0 fully saturated rings. The number of ether oxygens (including phenoxy) is 1. The van der Waals surface area contributed by atoms with E-state index in [1.807, 2.05) is 42.5 Å². The summed E-state index contributed by atoms with van der Waals surface area (Å²) in [5.74, 6) is 1.79. The van der Waals surface area contributed by atoms with Gasteiger partial charge in [0.2, 0.25) is 0 Å². The highest BCUT2D eigenvalue weighted by molar-refractivity contribution is 6.31. The van der Waals surface area contributed by atoms with E-state index in [-0.39, 0.29) is 0 Å². The third-order valence-corrected chi connectivity index (χ3v) is 4.38. The first-order valence-corrected chi connectivity index (χ1v) is 8.32. The predicted molar refractivity (Wildman–Crippen MR) is 95.3 cm³/mol. The van der Waals surface area contributed by atoms with E-state index in [1.54, 1.807) is 0 Å². The van der Waals surface area contributed by atoms with Gasteiger partial charge >= 0.3 is 0 Å². The fourth-order valence-electron chi connectivity index (χ4n) is 2.67. The van der Waals surface area contributed by atoms with E-state index in [9.17, 15) is 0 Å². The topological polar surface area (TPSA) is 27.1 Å². The van der Waals surface area contributed by atoms with Crippen LogP contribution >= 0.6 is 11.6 Å². The van der Waals surface area contributed by atoms with Crippen molar-refractivity contribution in [2.45, 2.75) is 39.8 Å². The Kier molecular flexibility index (Phi) is 4.58. The number of nitrogens with zero attached hydrogens (tertiary/aromatic N) is 2. The molecule has 0 aliphatic rings. The molecular formula is C19H21ClN2O. The van der Waals surface area contributed by atoms with Gasteiger partial charge in [-0.05, 0) is 50.6 Å². The molecule has 1 heterocycles. The van der Waals surface area contributed by atoms with E-state index >= 15 is 0 Å². The Balaban J connectivity index is 1.94. The molecule has 2 aromatic carbocycles. The number of fused-ring (bicyclic) bond motifs is 1. The Hall–Kier alpha value is -2.00. The van der Waals surface area contributed by atoms with Gasteiger partial charge in [0.1, 0.15) is 18.2 Å². The molecule has 0 saturated carbocycles. The lowest BCUT2D eigenvalue weighted by Gasteiger charge is -2.16. The van der Waals surface area contributed by atoms with Crippen LogP contribution in [0.5, 0.6) is 5.75 Å². The van der Waals surface area contributed by atoms with Crippen molar-refractivity contribution in [3.63, 3.8) is 0 Å². The number of imidazole rings is 1. The van der Waals surface area contributed by atoms with Crippen LogP contribution in [0.3, 0.4) is 0 Å². The van der Waals surface area contributed by atoms with E-state index in [4.69, 9.17) is 21.3 Å². The molecule has 23 heavy (non-hydrogen) atoms. The van der Waals surface area contributed by atoms with E-state index in [0.29, 0.717) is 12.6 Å². The summed E-state index contributed by atoms with van der Waals surface area (Å²) in [5.41, 5.74) is 3.24. The van der Waals surface area contributed by atoms with Crippen molar-refractivity contribution in [2.24, 2.45) is 0 Å². The van der Waals surface area contributed by atoms with Gasteiger partial charge in [-0.1, -0.05) is 36.2 Å². The van der Waals surface area contributed by atoms with Gasteiger partial charge in [0.25, 0.3) is 0 Å². The molecule has 3 nitrogen and oxygen atoms in total. The third-order valence-electron chi connectivity index (χ3n) is 4.15. The molecule has 0 N–H and O–H groups in total. The molecule has 0 spiro atoms. The molecule has 0 aliphatic carbocycles. The van der Waals surface area contributed by atoms with E-state index in [1.165, 1.54) is 5.56 Å². The molecule has 0 amide bonds. The SMILES string of the molecule is CCC(C)n1c(COc2ccc(C)cc2)nc2ccc(Cl)cc21. The van der Waals surface area contributed by atoms with Crippen LogP contribution in [0.4, 0.5) is 0 Å². The van der Waals surface area contributed by atoms with Gasteiger partial charge in [0.15, 0.2) is 0 Å². The zero-order valence-electron chi connectivity index (χ0n) is 13.7. The molecule has 4 heteroatoms. The Morgan fingerprint density at radius 3 is 2.61 bits per heavy atom. The summed E-state index contributed by atoms with van der Waals surface area (Å²) in [6.45, 7) is 6.87. The van der Waals surface area contributed by atoms with Gasteiger partial charge in [-0.3, -0.25) is 0 Å². The van der Waals surface area contributed by atoms with Crippen molar-refractivity contribution < 1.29 is 4.74 Å². The minimum absolute atomic E-state index is 0.343. The fraction of sp³-hybridized carbons (Fsp3) is 0.316. The zero-order chi connectivity index (χ0) is 16.4. The summed E-state index contributed by atoms with van der Waals surface area (Å²) in [4.78, 5) is 4.73. The standard InChI is InChI=1S/C19H21ClN2O/c1-4-14(3)22-18-11-15(20)7-10-17(18)21-19(22)12-23-16-8-5-13(2)6-9-16/h5-11,14H,4,12H2,1-3H3. The number of benzene rings is 2. The first kappa shape index (κ1) is 15.9. The minimum atomic E-state index is 0.343. The first-order chi connectivity index (χ1) is 11.1. The third kappa shape index (κ3) is 3.35. The lowest BCUT2D eigenvalue weighted by Crippen LogP contribution is -2.11. The van der Waals surface area contributed by atoms with Crippen molar-refractivity contribution >= 4 is 22.6 Å². The molecule has 0 radical (unpaired) electrons. The van der Waals surface area contributed by atoms with Crippen molar-refractivity contribution in [3.8, 4) is 5.75 Å². The van der Waals surface area contributed by atoms with Gasteiger partial charge in [-0.25, -0.2) is 4.98 Å². The summed E-state index contributed by atoms with van der Waals surface area (Å²) in [6.07, 6.45) is 1.02. The number of halogens is 1. The fourth-order valence-corrected chi connectivity index (χ4v) is 2.84. The van der Waals surface area contributed by atoms with E-state index < -0.39 is 0 Å². The summed E-state index contributed by atoms with van der Waals surface area (Å²) in [6, 6.07) is 14.2. The molecule has 0 bridgehead atoms. The van der Waals surface area contributed by atoms with Crippen molar-refractivity contribution in [1.29, 1.82) is 0 Å². The molecule has 0 saturated heterocycles. The summed E-state index contributed by atoms with van der Waals surface area (Å²) < 4.78 is 8.16. The van der Waals surface area contributed by atoms with Crippen molar-refractivity contribution in [1.82, 2.24) is 9.55 Å². The first-order valence-electron chi connectivity index (χ1n) is 7.94. The molecule has 1 unspecified atom stereocenters. The molecule has 0 aliphatic heterocycles. The largest absolute Gasteiger partial charge is 0.486 e. The molecule has 3 rings (SSSR count). The van der Waals surface area contributed by atoms with Gasteiger partial charge in [-0.15, -0.1) is 0 Å². The zero-order valence-corrected chi connectivity index (χ0v) is 14.5. The maximum atomic E-state index is 6.16. The number of rotatable bonds is 5. The highest BCUT2D eigenvalue weighted by Gasteiger charge is 2.15. The molecular weight excluding hydrogens is 308 g/mol. The minimum Gasteiger partial charge on any atom is -0.486 e. The normalized spacial score (nSPS) is 12.5. The van der Waals surface area contributed by atoms with Gasteiger partial charge in [-0.2, -0.15) is 0 Å². The lowest BCUT2D eigenvalue weighted by atomic mass is 10.2. The van der Waals surface area contributed by atoms with Crippen LogP contribution in [0, 0.1) is 6.92 Å². The number of hydrogen-bond donors (Lipinski definition) is 0. The maximum absolute atomic E-state index is 6.16. The van der Waals surface area contributed by atoms with Crippen molar-refractivity contribution in [2.75, 3.05) is 0 Å². The second-order valence-corrected chi connectivity index (χ2v) is 6.33. The van der Waals surface area contributed by atoms with Gasteiger partial charge in [0, 0.05) is 11.1 Å². The van der Waals surface area contributed by atoms with Crippen LogP contribution in [-0.4, -0.2) is 9.55 Å². The van der Waals surface area contributed by atoms with Gasteiger partial charge in [0.05, 0.1) is 11.0 Å². The number of aryl methyl sites for hydroxylation is 1. The second-order valence-electron chi connectivity index (χ2n) is 5.89. The highest BCUT2D eigenvalue weighted by atomic mass is 35.5. The van der Waals surface area contributed by atoms with E-state index in [0.717, 1.165) is 34.1 Å². The summed E-state index contributed by atoms with van der Waals surface area (Å²) in [5, 5.41) is 0.730. The van der Waals surface area contributed by atoms with Crippen LogP contribution in [0.1, 0.15) is 37.7 Å². The molecule has 120 valence electrons. The molecule has 3 aromatic rings. The monoisotopic (exact) mass is 328 g/mol. The van der Waals surface area contributed by atoms with Gasteiger partial charge < -0.3 is 9.30 Å². The Labute approximate surface area is 141 Å². The average molecular weight is 329 g/mol. The van der Waals surface area contributed by atoms with Crippen LogP contribution in [0.2, 0.25) is 5.02 Å². The molecule has 1 aromatic heterocycles. The van der Waals surface area contributed by atoms with Crippen LogP contribution in [0.15, 0.2) is 42.5 Å². The summed E-state index contributed by atoms with van der Waals surface area (Å²) in [7, 11) is 0. The van der Waals surface area contributed by atoms with Crippen LogP contribution in [0.25, 0.3) is 11.0 Å². The average Bonchev–Trinajstić information content (AvgIpc) is 2.91. The van der Waals surface area contributed by atoms with E-state index in [2.05, 4.69) is 25.3 Å². The Morgan fingerprint density at radius 1 is 1.17 bits per heavy atom. The predicted octanol–water partition coefficient (Wildman–Crippen LogP) is 5.55. The van der Waals surface area contributed by atoms with Crippen molar-refractivity contribution in [3.05, 3.63) is 58.9 Å². The lowest BCUT2D eigenvalue weighted by molar-refractivity contribution is 0.285. The molecule has 1 atom stereocenters. The van der Waals surface area contributed by atoms with Crippen LogP contribution < -0.4 is 4.74 Å².